The third kappa shape index (κ3) is 4.18. The number of amides is 1. The number of hydrogen-bond acceptors (Lipinski definition) is 3. The molecule has 4 nitrogen and oxygen atoms in total. The Morgan fingerprint density at radius 1 is 1.47 bits per heavy atom. The fourth-order valence-corrected chi connectivity index (χ4v) is 2.82. The average Bonchev–Trinajstić information content (AvgIpc) is 2.44. The number of carbonyl (C=O) groups excluding carboxylic acids is 1. The van der Waals surface area contributed by atoms with E-state index >= 15 is 0 Å². The largest absolute Gasteiger partial charge is 0.325 e. The Morgan fingerprint density at radius 2 is 2.16 bits per heavy atom. The second-order valence-corrected chi connectivity index (χ2v) is 6.54. The third-order valence-corrected chi connectivity index (χ3v) is 4.99. The standard InChI is InChI=1S/C14H18N2O2S/c1-4-10(2)19(18)11(3)14(17)16-13-7-5-6-12(8-13)9-15/h5-8,10-11H,4H2,1-3H3,(H,16,17). The van der Waals surface area contributed by atoms with Gasteiger partial charge in [-0.3, -0.25) is 9.00 Å². The summed E-state index contributed by atoms with van der Waals surface area (Å²) in [5.41, 5.74) is 1.03. The van der Waals surface area contributed by atoms with Crippen LogP contribution < -0.4 is 5.32 Å². The molecular weight excluding hydrogens is 260 g/mol. The van der Waals surface area contributed by atoms with E-state index in [0.29, 0.717) is 11.3 Å². The van der Waals surface area contributed by atoms with Crippen molar-refractivity contribution >= 4 is 22.4 Å². The van der Waals surface area contributed by atoms with E-state index in [0.717, 1.165) is 6.42 Å². The van der Waals surface area contributed by atoms with E-state index in [-0.39, 0.29) is 11.2 Å². The Bertz CT molecular complexity index is 522. The van der Waals surface area contributed by atoms with Gasteiger partial charge in [0.15, 0.2) is 0 Å². The van der Waals surface area contributed by atoms with E-state index < -0.39 is 16.0 Å². The molecule has 0 radical (unpaired) electrons. The molecule has 1 aromatic rings. The molecule has 1 amide bonds. The van der Waals surface area contributed by atoms with Gasteiger partial charge in [0.1, 0.15) is 5.25 Å². The van der Waals surface area contributed by atoms with Gasteiger partial charge in [-0.1, -0.05) is 19.9 Å². The van der Waals surface area contributed by atoms with Crippen LogP contribution in [0.3, 0.4) is 0 Å². The first-order valence-electron chi connectivity index (χ1n) is 6.20. The van der Waals surface area contributed by atoms with Gasteiger partial charge in [0, 0.05) is 21.7 Å². The van der Waals surface area contributed by atoms with Crippen LogP contribution in [0.15, 0.2) is 24.3 Å². The molecule has 0 saturated heterocycles. The molecule has 0 aromatic heterocycles. The maximum absolute atomic E-state index is 12.0. The molecule has 5 heteroatoms. The highest BCUT2D eigenvalue weighted by atomic mass is 32.2. The number of carbonyl (C=O) groups is 1. The van der Waals surface area contributed by atoms with Crippen LogP contribution in [0.25, 0.3) is 0 Å². The lowest BCUT2D eigenvalue weighted by Gasteiger charge is -2.16. The van der Waals surface area contributed by atoms with Gasteiger partial charge in [0.2, 0.25) is 5.91 Å². The highest BCUT2D eigenvalue weighted by molar-refractivity contribution is 7.87. The number of hydrogen-bond donors (Lipinski definition) is 1. The molecule has 19 heavy (non-hydrogen) atoms. The zero-order chi connectivity index (χ0) is 14.4. The molecule has 1 rings (SSSR count). The summed E-state index contributed by atoms with van der Waals surface area (Å²) >= 11 is 0. The van der Waals surface area contributed by atoms with Crippen LogP contribution in [0.4, 0.5) is 5.69 Å². The van der Waals surface area contributed by atoms with Crippen molar-refractivity contribution in [3.8, 4) is 6.07 Å². The first kappa shape index (κ1) is 15.4. The molecular formula is C14H18N2O2S. The van der Waals surface area contributed by atoms with Crippen molar-refractivity contribution in [2.75, 3.05) is 5.32 Å². The Labute approximate surface area is 116 Å². The van der Waals surface area contributed by atoms with E-state index in [1.54, 1.807) is 31.2 Å². The Hall–Kier alpha value is -1.67. The third-order valence-electron chi connectivity index (χ3n) is 2.95. The monoisotopic (exact) mass is 278 g/mol. The van der Waals surface area contributed by atoms with Crippen molar-refractivity contribution in [3.63, 3.8) is 0 Å². The second-order valence-electron chi connectivity index (χ2n) is 4.37. The van der Waals surface area contributed by atoms with Gasteiger partial charge in [-0.2, -0.15) is 5.26 Å². The van der Waals surface area contributed by atoms with Crippen molar-refractivity contribution in [2.24, 2.45) is 0 Å². The molecule has 0 heterocycles. The van der Waals surface area contributed by atoms with E-state index in [1.807, 2.05) is 19.9 Å². The number of nitriles is 1. The first-order chi connectivity index (χ1) is 8.99. The highest BCUT2D eigenvalue weighted by Gasteiger charge is 2.23. The maximum atomic E-state index is 12.0. The summed E-state index contributed by atoms with van der Waals surface area (Å²) in [7, 11) is -1.20. The smallest absolute Gasteiger partial charge is 0.239 e. The van der Waals surface area contributed by atoms with Crippen LogP contribution in [0.2, 0.25) is 0 Å². The average molecular weight is 278 g/mol. The number of rotatable bonds is 5. The zero-order valence-electron chi connectivity index (χ0n) is 11.3. The summed E-state index contributed by atoms with van der Waals surface area (Å²) in [5.74, 6) is -0.284. The summed E-state index contributed by atoms with van der Waals surface area (Å²) in [5, 5.41) is 10.9. The molecule has 0 spiro atoms. The van der Waals surface area contributed by atoms with Gasteiger partial charge >= 0.3 is 0 Å². The van der Waals surface area contributed by atoms with E-state index in [2.05, 4.69) is 5.32 Å². The summed E-state index contributed by atoms with van der Waals surface area (Å²) in [6, 6.07) is 8.67. The predicted octanol–water partition coefficient (Wildman–Crippen LogP) is 2.43. The zero-order valence-corrected chi connectivity index (χ0v) is 12.2. The fourth-order valence-electron chi connectivity index (χ4n) is 1.53. The Morgan fingerprint density at radius 3 is 2.74 bits per heavy atom. The molecule has 0 aliphatic rings. The molecule has 102 valence electrons. The minimum absolute atomic E-state index is 0.00815. The Kier molecular flexibility index (Phi) is 5.71. The molecule has 3 atom stereocenters. The van der Waals surface area contributed by atoms with Crippen molar-refractivity contribution in [2.45, 2.75) is 37.7 Å². The molecule has 1 aromatic carbocycles. The summed E-state index contributed by atoms with van der Waals surface area (Å²) in [4.78, 5) is 12.0. The Balaban J connectivity index is 2.74. The first-order valence-corrected chi connectivity index (χ1v) is 7.47. The molecule has 3 unspecified atom stereocenters. The minimum Gasteiger partial charge on any atom is -0.325 e. The van der Waals surface area contributed by atoms with Crippen LogP contribution in [0.5, 0.6) is 0 Å². The topological polar surface area (TPSA) is 70.0 Å². The SMILES string of the molecule is CCC(C)S(=O)C(C)C(=O)Nc1cccc(C#N)c1. The number of nitrogens with one attached hydrogen (secondary N) is 1. The quantitative estimate of drug-likeness (QED) is 0.899. The van der Waals surface area contributed by atoms with Gasteiger partial charge in [0.25, 0.3) is 0 Å². The van der Waals surface area contributed by atoms with Crippen molar-refractivity contribution in [1.82, 2.24) is 0 Å². The molecule has 0 saturated carbocycles. The summed E-state index contributed by atoms with van der Waals surface area (Å²) in [6.45, 7) is 5.48. The summed E-state index contributed by atoms with van der Waals surface area (Å²) in [6.07, 6.45) is 0.772. The van der Waals surface area contributed by atoms with Crippen molar-refractivity contribution in [3.05, 3.63) is 29.8 Å². The fraction of sp³-hybridized carbons (Fsp3) is 0.429. The van der Waals surface area contributed by atoms with Gasteiger partial charge in [0.05, 0.1) is 11.6 Å². The van der Waals surface area contributed by atoms with Gasteiger partial charge in [-0.05, 0) is 31.5 Å². The number of anilines is 1. The van der Waals surface area contributed by atoms with Crippen molar-refractivity contribution in [1.29, 1.82) is 5.26 Å². The lowest BCUT2D eigenvalue weighted by molar-refractivity contribution is -0.115. The summed E-state index contributed by atoms with van der Waals surface area (Å²) < 4.78 is 12.0. The molecule has 1 N–H and O–H groups in total. The van der Waals surface area contributed by atoms with Crippen LogP contribution in [-0.2, 0) is 15.6 Å². The lowest BCUT2D eigenvalue weighted by atomic mass is 10.2. The van der Waals surface area contributed by atoms with Crippen LogP contribution in [0, 0.1) is 11.3 Å². The number of nitrogens with zero attached hydrogens (tertiary/aromatic N) is 1. The molecule has 0 aliphatic heterocycles. The normalized spacial score (nSPS) is 15.1. The molecule has 0 bridgehead atoms. The van der Waals surface area contributed by atoms with E-state index in [1.165, 1.54) is 0 Å². The maximum Gasteiger partial charge on any atom is 0.239 e. The predicted molar refractivity (Wildman–Crippen MR) is 77.1 cm³/mol. The molecule has 0 aliphatic carbocycles. The van der Waals surface area contributed by atoms with Crippen molar-refractivity contribution < 1.29 is 9.00 Å². The molecule has 0 fully saturated rings. The van der Waals surface area contributed by atoms with E-state index in [4.69, 9.17) is 5.26 Å². The van der Waals surface area contributed by atoms with E-state index in [9.17, 15) is 9.00 Å². The van der Waals surface area contributed by atoms with Crippen LogP contribution >= 0.6 is 0 Å². The highest BCUT2D eigenvalue weighted by Crippen LogP contribution is 2.13. The van der Waals surface area contributed by atoms with Crippen LogP contribution in [0.1, 0.15) is 32.8 Å². The van der Waals surface area contributed by atoms with Crippen LogP contribution in [-0.4, -0.2) is 20.6 Å². The van der Waals surface area contributed by atoms with Gasteiger partial charge < -0.3 is 5.32 Å². The lowest BCUT2D eigenvalue weighted by Crippen LogP contribution is -2.33. The van der Waals surface area contributed by atoms with Gasteiger partial charge in [-0.25, -0.2) is 0 Å². The van der Waals surface area contributed by atoms with Gasteiger partial charge in [-0.15, -0.1) is 0 Å². The second kappa shape index (κ2) is 7.05. The minimum atomic E-state index is -1.20. The number of benzene rings is 1.